The standard InChI is InChI=1S/C17H15N3O3S/c1-9-10(2)24-16-15(9)17(21)20(11(3)19-16)18-7-12-4-5-13-14(6-12)23-8-22-13/h4-7H,8H2,1-3H3/b18-7+. The number of hydrogen-bond acceptors (Lipinski definition) is 6. The van der Waals surface area contributed by atoms with Crippen LogP contribution >= 0.6 is 11.3 Å². The van der Waals surface area contributed by atoms with Crippen LogP contribution in [0, 0.1) is 20.8 Å². The second-order valence-corrected chi connectivity index (χ2v) is 6.80. The van der Waals surface area contributed by atoms with Gasteiger partial charge in [0, 0.05) is 4.88 Å². The molecule has 0 saturated heterocycles. The molecule has 122 valence electrons. The number of hydrogen-bond donors (Lipinski definition) is 0. The van der Waals surface area contributed by atoms with E-state index >= 15 is 0 Å². The molecule has 0 amide bonds. The van der Waals surface area contributed by atoms with Gasteiger partial charge >= 0.3 is 0 Å². The molecule has 0 bridgehead atoms. The summed E-state index contributed by atoms with van der Waals surface area (Å²) in [5.74, 6) is 1.96. The molecule has 1 aliphatic rings. The minimum Gasteiger partial charge on any atom is -0.454 e. The van der Waals surface area contributed by atoms with Gasteiger partial charge in [-0.1, -0.05) is 0 Å². The van der Waals surface area contributed by atoms with Crippen molar-refractivity contribution in [3.63, 3.8) is 0 Å². The molecule has 3 heterocycles. The van der Waals surface area contributed by atoms with Gasteiger partial charge in [0.05, 0.1) is 11.6 Å². The lowest BCUT2D eigenvalue weighted by molar-refractivity contribution is 0.174. The van der Waals surface area contributed by atoms with E-state index in [0.717, 1.165) is 20.8 Å². The SMILES string of the molecule is Cc1sc2nc(C)n(/N=C/c3ccc4c(c3)OCO4)c(=O)c2c1C. The number of rotatable bonds is 2. The molecule has 0 radical (unpaired) electrons. The molecule has 2 aromatic heterocycles. The fourth-order valence-corrected chi connectivity index (χ4v) is 3.71. The smallest absolute Gasteiger partial charge is 0.283 e. The van der Waals surface area contributed by atoms with Crippen molar-refractivity contribution in [3.8, 4) is 11.5 Å². The molecule has 3 aromatic rings. The molecular weight excluding hydrogens is 326 g/mol. The van der Waals surface area contributed by atoms with Crippen LogP contribution in [0.3, 0.4) is 0 Å². The molecule has 1 aromatic carbocycles. The van der Waals surface area contributed by atoms with Gasteiger partial charge < -0.3 is 9.47 Å². The third-order valence-electron chi connectivity index (χ3n) is 4.06. The summed E-state index contributed by atoms with van der Waals surface area (Å²) in [4.78, 5) is 19.1. The summed E-state index contributed by atoms with van der Waals surface area (Å²) < 4.78 is 12.0. The van der Waals surface area contributed by atoms with Crippen molar-refractivity contribution in [2.75, 3.05) is 6.79 Å². The molecule has 0 N–H and O–H groups in total. The average molecular weight is 341 g/mol. The zero-order chi connectivity index (χ0) is 16.8. The van der Waals surface area contributed by atoms with Gasteiger partial charge in [0.2, 0.25) is 6.79 Å². The Labute approximate surface area is 142 Å². The molecular formula is C17H15N3O3S. The number of nitrogens with zero attached hydrogens (tertiary/aromatic N) is 3. The number of benzene rings is 1. The van der Waals surface area contributed by atoms with E-state index in [9.17, 15) is 4.79 Å². The maximum atomic E-state index is 12.8. The minimum atomic E-state index is -0.142. The molecule has 0 unspecified atom stereocenters. The summed E-state index contributed by atoms with van der Waals surface area (Å²) >= 11 is 1.54. The fourth-order valence-electron chi connectivity index (χ4n) is 2.64. The van der Waals surface area contributed by atoms with Gasteiger partial charge in [-0.3, -0.25) is 4.79 Å². The van der Waals surface area contributed by atoms with Crippen LogP contribution in [0.5, 0.6) is 11.5 Å². The van der Waals surface area contributed by atoms with Crippen molar-refractivity contribution in [2.24, 2.45) is 5.10 Å². The number of aromatic nitrogens is 2. The van der Waals surface area contributed by atoms with Crippen LogP contribution in [0.1, 0.15) is 21.8 Å². The van der Waals surface area contributed by atoms with Gasteiger partial charge in [-0.15, -0.1) is 11.3 Å². The van der Waals surface area contributed by atoms with E-state index in [-0.39, 0.29) is 12.4 Å². The molecule has 0 aliphatic carbocycles. The molecule has 0 fully saturated rings. The van der Waals surface area contributed by atoms with Crippen LogP contribution in [-0.2, 0) is 0 Å². The third-order valence-corrected chi connectivity index (χ3v) is 5.16. The van der Waals surface area contributed by atoms with E-state index in [2.05, 4.69) is 10.1 Å². The first-order chi connectivity index (χ1) is 11.5. The van der Waals surface area contributed by atoms with Gasteiger partial charge in [-0.2, -0.15) is 9.78 Å². The van der Waals surface area contributed by atoms with Crippen LogP contribution in [0.4, 0.5) is 0 Å². The Bertz CT molecular complexity index is 1050. The highest BCUT2D eigenvalue weighted by molar-refractivity contribution is 7.18. The fraction of sp³-hybridized carbons (Fsp3) is 0.235. The van der Waals surface area contributed by atoms with E-state index < -0.39 is 0 Å². The Morgan fingerprint density at radius 2 is 2.04 bits per heavy atom. The highest BCUT2D eigenvalue weighted by Gasteiger charge is 2.15. The van der Waals surface area contributed by atoms with Gasteiger partial charge in [0.25, 0.3) is 5.56 Å². The Balaban J connectivity index is 1.79. The number of thiophene rings is 1. The average Bonchev–Trinajstić information content (AvgIpc) is 3.11. The molecule has 24 heavy (non-hydrogen) atoms. The van der Waals surface area contributed by atoms with Crippen LogP contribution in [0.2, 0.25) is 0 Å². The van der Waals surface area contributed by atoms with Crippen LogP contribution in [0.25, 0.3) is 10.2 Å². The van der Waals surface area contributed by atoms with Crippen molar-refractivity contribution in [2.45, 2.75) is 20.8 Å². The van der Waals surface area contributed by atoms with Crippen LogP contribution in [-0.4, -0.2) is 22.7 Å². The quantitative estimate of drug-likeness (QED) is 0.672. The van der Waals surface area contributed by atoms with E-state index in [4.69, 9.17) is 9.47 Å². The third kappa shape index (κ3) is 2.28. The van der Waals surface area contributed by atoms with Crippen LogP contribution in [0.15, 0.2) is 28.1 Å². The highest BCUT2D eigenvalue weighted by Crippen LogP contribution is 2.32. The normalized spacial score (nSPS) is 13.3. The second-order valence-electron chi connectivity index (χ2n) is 5.60. The van der Waals surface area contributed by atoms with E-state index in [0.29, 0.717) is 22.7 Å². The topological polar surface area (TPSA) is 65.7 Å². The van der Waals surface area contributed by atoms with Crippen molar-refractivity contribution in [1.82, 2.24) is 9.66 Å². The van der Waals surface area contributed by atoms with E-state index in [1.807, 2.05) is 32.0 Å². The molecule has 0 saturated carbocycles. The predicted octanol–water partition coefficient (Wildman–Crippen LogP) is 2.99. The Morgan fingerprint density at radius 3 is 2.88 bits per heavy atom. The molecule has 6 nitrogen and oxygen atoms in total. The van der Waals surface area contributed by atoms with Gasteiger partial charge in [0.15, 0.2) is 11.5 Å². The maximum absolute atomic E-state index is 12.8. The zero-order valence-electron chi connectivity index (χ0n) is 13.5. The van der Waals surface area contributed by atoms with Crippen molar-refractivity contribution in [3.05, 3.63) is 50.4 Å². The molecule has 4 rings (SSSR count). The number of aryl methyl sites for hydroxylation is 3. The number of fused-ring (bicyclic) bond motifs is 2. The molecule has 0 atom stereocenters. The maximum Gasteiger partial charge on any atom is 0.283 e. The number of ether oxygens (including phenoxy) is 2. The highest BCUT2D eigenvalue weighted by atomic mass is 32.1. The predicted molar refractivity (Wildman–Crippen MR) is 93.6 cm³/mol. The summed E-state index contributed by atoms with van der Waals surface area (Å²) in [6.07, 6.45) is 1.62. The zero-order valence-corrected chi connectivity index (χ0v) is 14.3. The first kappa shape index (κ1) is 14.9. The van der Waals surface area contributed by atoms with Crippen molar-refractivity contribution < 1.29 is 9.47 Å². The Kier molecular flexibility index (Phi) is 3.38. The van der Waals surface area contributed by atoms with Gasteiger partial charge in [-0.05, 0) is 50.1 Å². The Hall–Kier alpha value is -2.67. The largest absolute Gasteiger partial charge is 0.454 e. The molecule has 1 aliphatic heterocycles. The minimum absolute atomic E-state index is 0.142. The summed E-state index contributed by atoms with van der Waals surface area (Å²) in [7, 11) is 0. The second kappa shape index (κ2) is 5.45. The van der Waals surface area contributed by atoms with E-state index in [1.165, 1.54) is 16.0 Å². The van der Waals surface area contributed by atoms with Crippen molar-refractivity contribution >= 4 is 27.8 Å². The van der Waals surface area contributed by atoms with Crippen molar-refractivity contribution in [1.29, 1.82) is 0 Å². The molecule has 7 heteroatoms. The monoisotopic (exact) mass is 341 g/mol. The summed E-state index contributed by atoms with van der Waals surface area (Å²) in [5.41, 5.74) is 1.65. The first-order valence-corrected chi connectivity index (χ1v) is 8.29. The summed E-state index contributed by atoms with van der Waals surface area (Å²) in [6, 6.07) is 5.52. The van der Waals surface area contributed by atoms with Gasteiger partial charge in [0.1, 0.15) is 10.7 Å². The van der Waals surface area contributed by atoms with Gasteiger partial charge in [-0.25, -0.2) is 4.98 Å². The Morgan fingerprint density at radius 1 is 1.25 bits per heavy atom. The lowest BCUT2D eigenvalue weighted by Gasteiger charge is -2.03. The van der Waals surface area contributed by atoms with E-state index in [1.54, 1.807) is 13.1 Å². The van der Waals surface area contributed by atoms with Crippen LogP contribution < -0.4 is 15.0 Å². The lowest BCUT2D eigenvalue weighted by Crippen LogP contribution is -2.20. The summed E-state index contributed by atoms with van der Waals surface area (Å²) in [5, 5.41) is 4.97. The lowest BCUT2D eigenvalue weighted by atomic mass is 10.2. The first-order valence-electron chi connectivity index (χ1n) is 7.48. The summed E-state index contributed by atoms with van der Waals surface area (Å²) in [6.45, 7) is 5.95. The molecule has 0 spiro atoms.